The third-order valence-electron chi connectivity index (χ3n) is 2.11. The molecule has 0 unspecified atom stereocenters. The van der Waals surface area contributed by atoms with Gasteiger partial charge in [-0.15, -0.1) is 0 Å². The van der Waals surface area contributed by atoms with Gasteiger partial charge in [0.2, 0.25) is 0 Å². The maximum absolute atomic E-state index is 11.2. The number of benzene rings is 1. The number of hydrogen-bond acceptors (Lipinski definition) is 5. The van der Waals surface area contributed by atoms with Crippen molar-refractivity contribution < 1.29 is 23.1 Å². The zero-order valence-electron chi connectivity index (χ0n) is 9.92. The van der Waals surface area contributed by atoms with Crippen LogP contribution < -0.4 is 5.32 Å². The smallest absolute Gasteiger partial charge is 0.407 e. The van der Waals surface area contributed by atoms with Crippen LogP contribution in [0.2, 0.25) is 0 Å². The van der Waals surface area contributed by atoms with Crippen molar-refractivity contribution >= 4 is 15.9 Å². The Morgan fingerprint density at radius 1 is 1.33 bits per heavy atom. The van der Waals surface area contributed by atoms with E-state index in [0.717, 1.165) is 11.8 Å². The molecule has 0 aromatic heterocycles. The minimum absolute atomic E-state index is 0.0567. The molecule has 0 aliphatic rings. The number of carbonyl (C=O) groups excluding carboxylic acids is 1. The highest BCUT2D eigenvalue weighted by Gasteiger charge is 2.06. The average Bonchev–Trinajstić information content (AvgIpc) is 2.33. The standard InChI is InChI=1S/C11H15NO5S/c1-18(15,16)10-4-2-9(3-5-10)8-12-11(14)17-7-6-13/h2-5,13H,6-8H2,1H3,(H,12,14). The van der Waals surface area contributed by atoms with Gasteiger partial charge in [-0.3, -0.25) is 0 Å². The summed E-state index contributed by atoms with van der Waals surface area (Å²) in [5.41, 5.74) is 0.753. The van der Waals surface area contributed by atoms with Crippen molar-refractivity contribution in [2.45, 2.75) is 11.4 Å². The third kappa shape index (κ3) is 4.72. The molecule has 0 spiro atoms. The topological polar surface area (TPSA) is 92.7 Å². The number of alkyl carbamates (subject to hydrolysis) is 1. The fourth-order valence-electron chi connectivity index (χ4n) is 1.22. The van der Waals surface area contributed by atoms with E-state index in [2.05, 4.69) is 10.1 Å². The fourth-order valence-corrected chi connectivity index (χ4v) is 1.85. The second-order valence-electron chi connectivity index (χ2n) is 3.63. The zero-order chi connectivity index (χ0) is 13.6. The van der Waals surface area contributed by atoms with Crippen LogP contribution in [-0.4, -0.2) is 39.1 Å². The van der Waals surface area contributed by atoms with E-state index in [1.165, 1.54) is 12.1 Å². The van der Waals surface area contributed by atoms with Gasteiger partial charge in [-0.05, 0) is 17.7 Å². The van der Waals surface area contributed by atoms with Crippen LogP contribution in [0.25, 0.3) is 0 Å². The summed E-state index contributed by atoms with van der Waals surface area (Å²) in [6, 6.07) is 6.18. The lowest BCUT2D eigenvalue weighted by atomic mass is 10.2. The first kappa shape index (κ1) is 14.5. The fraction of sp³-hybridized carbons (Fsp3) is 0.364. The lowest BCUT2D eigenvalue weighted by Crippen LogP contribution is -2.24. The molecule has 0 bridgehead atoms. The number of nitrogens with one attached hydrogen (secondary N) is 1. The van der Waals surface area contributed by atoms with Gasteiger partial charge < -0.3 is 15.2 Å². The lowest BCUT2D eigenvalue weighted by Gasteiger charge is -2.06. The van der Waals surface area contributed by atoms with Crippen LogP contribution in [0.1, 0.15) is 5.56 Å². The van der Waals surface area contributed by atoms with Gasteiger partial charge in [-0.25, -0.2) is 13.2 Å². The van der Waals surface area contributed by atoms with E-state index in [1.54, 1.807) is 12.1 Å². The molecule has 1 aromatic carbocycles. The zero-order valence-corrected chi connectivity index (χ0v) is 10.7. The van der Waals surface area contributed by atoms with Crippen LogP contribution in [-0.2, 0) is 21.1 Å². The Morgan fingerprint density at radius 2 is 1.94 bits per heavy atom. The molecule has 0 aliphatic heterocycles. The number of aliphatic hydroxyl groups excluding tert-OH is 1. The van der Waals surface area contributed by atoms with Crippen molar-refractivity contribution in [3.63, 3.8) is 0 Å². The molecular formula is C11H15NO5S. The summed E-state index contributed by atoms with van der Waals surface area (Å²) in [6.45, 7) is -0.0520. The molecule has 0 radical (unpaired) electrons. The molecule has 0 atom stereocenters. The lowest BCUT2D eigenvalue weighted by molar-refractivity contribution is 0.119. The van der Waals surface area contributed by atoms with E-state index in [9.17, 15) is 13.2 Å². The number of hydrogen-bond donors (Lipinski definition) is 2. The van der Waals surface area contributed by atoms with Gasteiger partial charge in [-0.2, -0.15) is 0 Å². The molecule has 7 heteroatoms. The van der Waals surface area contributed by atoms with E-state index in [1.807, 2.05) is 0 Å². The summed E-state index contributed by atoms with van der Waals surface area (Å²) in [6.07, 6.45) is 0.503. The van der Waals surface area contributed by atoms with Crippen LogP contribution >= 0.6 is 0 Å². The van der Waals surface area contributed by atoms with E-state index in [4.69, 9.17) is 5.11 Å². The Morgan fingerprint density at radius 3 is 2.44 bits per heavy atom. The van der Waals surface area contributed by atoms with E-state index in [-0.39, 0.29) is 24.7 Å². The van der Waals surface area contributed by atoms with Crippen molar-refractivity contribution in [3.8, 4) is 0 Å². The first-order valence-electron chi connectivity index (χ1n) is 5.24. The summed E-state index contributed by atoms with van der Waals surface area (Å²) >= 11 is 0. The predicted molar refractivity (Wildman–Crippen MR) is 64.8 cm³/mol. The summed E-state index contributed by atoms with van der Waals surface area (Å²) in [5, 5.41) is 10.9. The maximum Gasteiger partial charge on any atom is 0.407 e. The number of sulfone groups is 1. The van der Waals surface area contributed by atoms with Crippen molar-refractivity contribution in [3.05, 3.63) is 29.8 Å². The SMILES string of the molecule is CS(=O)(=O)c1ccc(CNC(=O)OCCO)cc1. The van der Waals surface area contributed by atoms with Crippen LogP contribution in [0.3, 0.4) is 0 Å². The van der Waals surface area contributed by atoms with Crippen molar-refractivity contribution in [1.82, 2.24) is 5.32 Å². The Kier molecular flexibility index (Phi) is 5.11. The molecule has 100 valence electrons. The summed E-state index contributed by atoms with van der Waals surface area (Å²) in [5.74, 6) is 0. The Labute approximate surface area is 106 Å². The van der Waals surface area contributed by atoms with E-state index >= 15 is 0 Å². The first-order chi connectivity index (χ1) is 8.43. The second kappa shape index (κ2) is 6.36. The van der Waals surface area contributed by atoms with Crippen LogP contribution in [0, 0.1) is 0 Å². The number of carbonyl (C=O) groups is 1. The highest BCUT2D eigenvalue weighted by molar-refractivity contribution is 7.90. The van der Waals surface area contributed by atoms with Crippen molar-refractivity contribution in [2.24, 2.45) is 0 Å². The minimum Gasteiger partial charge on any atom is -0.447 e. The number of aliphatic hydroxyl groups is 1. The van der Waals surface area contributed by atoms with Crippen molar-refractivity contribution in [1.29, 1.82) is 0 Å². The summed E-state index contributed by atoms with van der Waals surface area (Å²) < 4.78 is 27.0. The number of ether oxygens (including phenoxy) is 1. The molecule has 0 saturated carbocycles. The maximum atomic E-state index is 11.2. The van der Waals surface area contributed by atoms with Gasteiger partial charge in [0, 0.05) is 12.8 Å². The largest absolute Gasteiger partial charge is 0.447 e. The van der Waals surface area contributed by atoms with Gasteiger partial charge in [0.15, 0.2) is 9.84 Å². The minimum atomic E-state index is -3.20. The van der Waals surface area contributed by atoms with Crippen LogP contribution in [0.5, 0.6) is 0 Å². The van der Waals surface area contributed by atoms with E-state index < -0.39 is 15.9 Å². The second-order valence-corrected chi connectivity index (χ2v) is 5.64. The van der Waals surface area contributed by atoms with Crippen LogP contribution in [0.4, 0.5) is 4.79 Å². The molecule has 0 heterocycles. The Bertz CT molecular complexity index is 495. The molecule has 1 rings (SSSR count). The Hall–Kier alpha value is -1.60. The molecular weight excluding hydrogens is 258 g/mol. The van der Waals surface area contributed by atoms with Crippen molar-refractivity contribution in [2.75, 3.05) is 19.5 Å². The quantitative estimate of drug-likeness (QED) is 0.805. The third-order valence-corrected chi connectivity index (χ3v) is 3.24. The molecule has 1 aromatic rings. The molecule has 1 amide bonds. The Balaban J connectivity index is 2.52. The molecule has 6 nitrogen and oxygen atoms in total. The highest BCUT2D eigenvalue weighted by Crippen LogP contribution is 2.10. The molecule has 0 aliphatic carbocycles. The molecule has 2 N–H and O–H groups in total. The predicted octanol–water partition coefficient (Wildman–Crippen LogP) is 0.309. The first-order valence-corrected chi connectivity index (χ1v) is 7.13. The van der Waals surface area contributed by atoms with Gasteiger partial charge >= 0.3 is 6.09 Å². The summed E-state index contributed by atoms with van der Waals surface area (Å²) in [4.78, 5) is 11.3. The van der Waals surface area contributed by atoms with Gasteiger partial charge in [0.1, 0.15) is 6.61 Å². The summed E-state index contributed by atoms with van der Waals surface area (Å²) in [7, 11) is -3.20. The monoisotopic (exact) mass is 273 g/mol. The normalized spacial score (nSPS) is 11.0. The number of amides is 1. The van der Waals surface area contributed by atoms with Gasteiger partial charge in [0.05, 0.1) is 11.5 Å². The number of rotatable bonds is 5. The molecule has 18 heavy (non-hydrogen) atoms. The van der Waals surface area contributed by atoms with Gasteiger partial charge in [0.25, 0.3) is 0 Å². The molecule has 0 fully saturated rings. The molecule has 0 saturated heterocycles. The van der Waals surface area contributed by atoms with Crippen LogP contribution in [0.15, 0.2) is 29.2 Å². The van der Waals surface area contributed by atoms with E-state index in [0.29, 0.717) is 0 Å². The van der Waals surface area contributed by atoms with Gasteiger partial charge in [-0.1, -0.05) is 12.1 Å². The average molecular weight is 273 g/mol. The highest BCUT2D eigenvalue weighted by atomic mass is 32.2.